The summed E-state index contributed by atoms with van der Waals surface area (Å²) in [6, 6.07) is 12.3. The van der Waals surface area contributed by atoms with Crippen LogP contribution in [0, 0.1) is 0 Å². The first kappa shape index (κ1) is 21.8. The maximum absolute atomic E-state index is 12.3. The second-order valence-corrected chi connectivity index (χ2v) is 7.11. The van der Waals surface area contributed by atoms with Crippen LogP contribution in [0.1, 0.15) is 26.3 Å². The molecule has 0 fully saturated rings. The van der Waals surface area contributed by atoms with Crippen molar-refractivity contribution in [3.05, 3.63) is 54.1 Å². The lowest BCUT2D eigenvalue weighted by Crippen LogP contribution is -2.27. The largest absolute Gasteiger partial charge is 0.496 e. The number of carbonyl (C=O) groups excluding carboxylic acids is 2. The van der Waals surface area contributed by atoms with Crippen LogP contribution in [0.25, 0.3) is 6.08 Å². The predicted octanol–water partition coefficient (Wildman–Crippen LogP) is 4.70. The molecule has 0 saturated carbocycles. The van der Waals surface area contributed by atoms with Crippen LogP contribution in [0.15, 0.2) is 48.5 Å². The van der Waals surface area contributed by atoms with Gasteiger partial charge >= 0.3 is 6.09 Å². The summed E-state index contributed by atoms with van der Waals surface area (Å²) in [6.07, 6.45) is 2.45. The summed E-state index contributed by atoms with van der Waals surface area (Å²) in [4.78, 5) is 24.3. The summed E-state index contributed by atoms with van der Waals surface area (Å²) in [5.41, 5.74) is 1.03. The zero-order chi connectivity index (χ0) is 21.4. The van der Waals surface area contributed by atoms with Crippen molar-refractivity contribution in [2.24, 2.45) is 0 Å². The standard InChI is InChI=1S/C22H26N2O5/c1-22(2,3)29-21(26)24-17-14-16(11-12-19(17)28-5)23-20(25)13-10-15-8-6-7-9-18(15)27-4/h6-14H,1-5H3,(H,23,25)(H,24,26)/b13-10+. The Morgan fingerprint density at radius 3 is 2.28 bits per heavy atom. The van der Waals surface area contributed by atoms with Crippen LogP contribution in [0.2, 0.25) is 0 Å². The Kier molecular flexibility index (Phi) is 7.25. The van der Waals surface area contributed by atoms with Crippen LogP contribution in [0.5, 0.6) is 11.5 Å². The number of para-hydroxylation sites is 1. The minimum absolute atomic E-state index is 0.329. The highest BCUT2D eigenvalue weighted by molar-refractivity contribution is 6.02. The average molecular weight is 398 g/mol. The van der Waals surface area contributed by atoms with Gasteiger partial charge in [-0.15, -0.1) is 0 Å². The second kappa shape index (κ2) is 9.64. The van der Waals surface area contributed by atoms with Gasteiger partial charge in [0.2, 0.25) is 5.91 Å². The lowest BCUT2D eigenvalue weighted by Gasteiger charge is -2.20. The van der Waals surface area contributed by atoms with Crippen LogP contribution >= 0.6 is 0 Å². The molecule has 7 heteroatoms. The molecule has 2 rings (SSSR count). The highest BCUT2D eigenvalue weighted by Crippen LogP contribution is 2.28. The molecule has 0 heterocycles. The minimum atomic E-state index is -0.633. The molecular weight excluding hydrogens is 372 g/mol. The fourth-order valence-corrected chi connectivity index (χ4v) is 2.45. The number of amides is 2. The van der Waals surface area contributed by atoms with Gasteiger partial charge in [0.25, 0.3) is 0 Å². The summed E-state index contributed by atoms with van der Waals surface area (Å²) in [7, 11) is 3.06. The average Bonchev–Trinajstić information content (AvgIpc) is 2.65. The van der Waals surface area contributed by atoms with Gasteiger partial charge in [-0.2, -0.15) is 0 Å². The van der Waals surface area contributed by atoms with Gasteiger partial charge in [0.1, 0.15) is 17.1 Å². The van der Waals surface area contributed by atoms with Crippen molar-refractivity contribution < 1.29 is 23.8 Å². The molecule has 29 heavy (non-hydrogen) atoms. The Hall–Kier alpha value is -3.48. The third-order valence-electron chi connectivity index (χ3n) is 3.66. The molecule has 154 valence electrons. The van der Waals surface area contributed by atoms with E-state index in [9.17, 15) is 9.59 Å². The Morgan fingerprint density at radius 1 is 0.931 bits per heavy atom. The number of carbonyl (C=O) groups is 2. The van der Waals surface area contributed by atoms with E-state index in [1.807, 2.05) is 24.3 Å². The number of methoxy groups -OCH3 is 2. The Bertz CT molecular complexity index is 900. The number of rotatable bonds is 6. The molecule has 0 saturated heterocycles. The zero-order valence-corrected chi connectivity index (χ0v) is 17.2. The number of ether oxygens (including phenoxy) is 3. The van der Waals surface area contributed by atoms with Gasteiger partial charge < -0.3 is 19.5 Å². The summed E-state index contributed by atoms with van der Waals surface area (Å²) in [5.74, 6) is 0.785. The van der Waals surface area contributed by atoms with Crippen LogP contribution in [-0.2, 0) is 9.53 Å². The highest BCUT2D eigenvalue weighted by atomic mass is 16.6. The van der Waals surface area contributed by atoms with Crippen LogP contribution in [-0.4, -0.2) is 31.8 Å². The first-order chi connectivity index (χ1) is 13.7. The Balaban J connectivity index is 2.11. The molecule has 0 bridgehead atoms. The number of hydrogen-bond donors (Lipinski definition) is 2. The molecule has 2 amide bonds. The van der Waals surface area contributed by atoms with Gasteiger partial charge in [-0.25, -0.2) is 4.79 Å². The number of hydrogen-bond acceptors (Lipinski definition) is 5. The molecule has 0 aliphatic rings. The van der Waals surface area contributed by atoms with Crippen molar-refractivity contribution in [3.63, 3.8) is 0 Å². The SMILES string of the molecule is COc1ccccc1/C=C/C(=O)Nc1ccc(OC)c(NC(=O)OC(C)(C)C)c1. The van der Waals surface area contributed by atoms with Gasteiger partial charge in [0, 0.05) is 17.3 Å². The van der Waals surface area contributed by atoms with E-state index in [0.717, 1.165) is 5.56 Å². The lowest BCUT2D eigenvalue weighted by atomic mass is 10.2. The maximum Gasteiger partial charge on any atom is 0.412 e. The maximum atomic E-state index is 12.3. The molecule has 0 radical (unpaired) electrons. The zero-order valence-electron chi connectivity index (χ0n) is 17.2. The van der Waals surface area contributed by atoms with E-state index in [1.165, 1.54) is 13.2 Å². The Labute approximate surface area is 170 Å². The molecule has 0 aliphatic heterocycles. The van der Waals surface area contributed by atoms with E-state index in [4.69, 9.17) is 14.2 Å². The van der Waals surface area contributed by atoms with Crippen molar-refractivity contribution in [2.75, 3.05) is 24.9 Å². The van der Waals surface area contributed by atoms with Gasteiger partial charge in [0.15, 0.2) is 0 Å². The van der Waals surface area contributed by atoms with Crippen molar-refractivity contribution in [1.29, 1.82) is 0 Å². The summed E-state index contributed by atoms with van der Waals surface area (Å²) < 4.78 is 15.8. The third kappa shape index (κ3) is 6.88. The fraction of sp³-hybridized carbons (Fsp3) is 0.273. The van der Waals surface area contributed by atoms with Crippen molar-refractivity contribution >= 4 is 29.5 Å². The smallest absolute Gasteiger partial charge is 0.412 e. The minimum Gasteiger partial charge on any atom is -0.496 e. The quantitative estimate of drug-likeness (QED) is 0.689. The topological polar surface area (TPSA) is 85.9 Å². The monoisotopic (exact) mass is 398 g/mol. The fourth-order valence-electron chi connectivity index (χ4n) is 2.45. The number of nitrogens with one attached hydrogen (secondary N) is 2. The molecule has 2 aromatic carbocycles. The number of benzene rings is 2. The highest BCUT2D eigenvalue weighted by Gasteiger charge is 2.18. The molecule has 0 aromatic heterocycles. The van der Waals surface area contributed by atoms with E-state index >= 15 is 0 Å². The van der Waals surface area contributed by atoms with Crippen LogP contribution in [0.4, 0.5) is 16.2 Å². The summed E-state index contributed by atoms with van der Waals surface area (Å²) >= 11 is 0. The normalized spacial score (nSPS) is 11.1. The van der Waals surface area contributed by atoms with E-state index in [1.54, 1.807) is 52.2 Å². The van der Waals surface area contributed by atoms with Crippen LogP contribution < -0.4 is 20.1 Å². The van der Waals surface area contributed by atoms with Crippen LogP contribution in [0.3, 0.4) is 0 Å². The van der Waals surface area contributed by atoms with Crippen molar-refractivity contribution in [3.8, 4) is 11.5 Å². The van der Waals surface area contributed by atoms with Gasteiger partial charge in [-0.1, -0.05) is 18.2 Å². The lowest BCUT2D eigenvalue weighted by molar-refractivity contribution is -0.111. The number of anilines is 2. The molecule has 0 atom stereocenters. The van der Waals surface area contributed by atoms with Gasteiger partial charge in [0.05, 0.1) is 19.9 Å². The van der Waals surface area contributed by atoms with Crippen molar-refractivity contribution in [1.82, 2.24) is 0 Å². The summed E-state index contributed by atoms with van der Waals surface area (Å²) in [5, 5.41) is 5.38. The van der Waals surface area contributed by atoms with Gasteiger partial charge in [-0.3, -0.25) is 10.1 Å². The van der Waals surface area contributed by atoms with E-state index in [-0.39, 0.29) is 5.91 Å². The van der Waals surface area contributed by atoms with E-state index in [2.05, 4.69) is 10.6 Å². The van der Waals surface area contributed by atoms with E-state index in [0.29, 0.717) is 22.9 Å². The Morgan fingerprint density at radius 2 is 1.62 bits per heavy atom. The third-order valence-corrected chi connectivity index (χ3v) is 3.66. The second-order valence-electron chi connectivity index (χ2n) is 7.11. The molecule has 2 N–H and O–H groups in total. The molecule has 0 unspecified atom stereocenters. The molecule has 7 nitrogen and oxygen atoms in total. The first-order valence-electron chi connectivity index (χ1n) is 9.02. The molecule has 0 aliphatic carbocycles. The van der Waals surface area contributed by atoms with E-state index < -0.39 is 11.7 Å². The first-order valence-corrected chi connectivity index (χ1v) is 9.02. The molecule has 2 aromatic rings. The van der Waals surface area contributed by atoms with Crippen molar-refractivity contribution in [2.45, 2.75) is 26.4 Å². The molecular formula is C22H26N2O5. The summed E-state index contributed by atoms with van der Waals surface area (Å²) in [6.45, 7) is 5.32. The van der Waals surface area contributed by atoms with Gasteiger partial charge in [-0.05, 0) is 51.1 Å². The molecule has 0 spiro atoms. The predicted molar refractivity (Wildman–Crippen MR) is 114 cm³/mol.